The average molecular weight is 425 g/mol. The number of anilines is 1. The van der Waals surface area contributed by atoms with E-state index in [4.69, 9.17) is 11.0 Å². The molecule has 31 heavy (non-hydrogen) atoms. The van der Waals surface area contributed by atoms with Crippen LogP contribution in [0.5, 0.6) is 0 Å². The number of aliphatic imine (C=N–C) groups is 1. The number of alkyl halides is 3. The lowest BCUT2D eigenvalue weighted by Gasteiger charge is -2.13. The van der Waals surface area contributed by atoms with Gasteiger partial charge in [0.1, 0.15) is 11.5 Å². The van der Waals surface area contributed by atoms with Crippen molar-refractivity contribution in [2.24, 2.45) is 10.7 Å². The molecule has 3 N–H and O–H groups in total. The minimum absolute atomic E-state index is 0.00720. The van der Waals surface area contributed by atoms with Crippen molar-refractivity contribution in [3.63, 3.8) is 0 Å². The fourth-order valence-corrected chi connectivity index (χ4v) is 2.52. The molecule has 156 valence electrons. The van der Waals surface area contributed by atoms with E-state index in [0.29, 0.717) is 11.3 Å². The van der Waals surface area contributed by atoms with Gasteiger partial charge >= 0.3 is 6.18 Å². The fourth-order valence-electron chi connectivity index (χ4n) is 2.52. The van der Waals surface area contributed by atoms with E-state index < -0.39 is 17.8 Å². The Morgan fingerprint density at radius 3 is 2.65 bits per heavy atom. The fraction of sp³-hybridized carbons (Fsp3) is 0.100. The summed E-state index contributed by atoms with van der Waals surface area (Å²) in [6.07, 6.45) is -2.01. The van der Waals surface area contributed by atoms with Crippen molar-refractivity contribution < 1.29 is 18.0 Å². The van der Waals surface area contributed by atoms with Gasteiger partial charge in [-0.05, 0) is 42.0 Å². The van der Waals surface area contributed by atoms with E-state index in [-0.39, 0.29) is 29.2 Å². The van der Waals surface area contributed by atoms with E-state index in [1.807, 2.05) is 6.07 Å². The molecule has 0 aliphatic carbocycles. The van der Waals surface area contributed by atoms with Gasteiger partial charge in [0.25, 0.3) is 5.91 Å². The number of carbonyl (C=O) groups excluding carboxylic acids is 1. The molecular formula is C20H14F3N7O. The number of amides is 1. The summed E-state index contributed by atoms with van der Waals surface area (Å²) >= 11 is 0. The molecule has 0 atom stereocenters. The molecule has 2 aromatic heterocycles. The lowest BCUT2D eigenvalue weighted by Crippen LogP contribution is -2.19. The molecule has 11 heteroatoms. The van der Waals surface area contributed by atoms with Gasteiger partial charge in [-0.3, -0.25) is 9.78 Å². The van der Waals surface area contributed by atoms with Crippen LogP contribution in [0.15, 0.2) is 59.9 Å². The molecular weight excluding hydrogens is 411 g/mol. The monoisotopic (exact) mass is 425 g/mol. The smallest absolute Gasteiger partial charge is 0.383 e. The number of nitrogens with zero attached hydrogens (tertiary/aromatic N) is 5. The lowest BCUT2D eigenvalue weighted by atomic mass is 10.1. The second-order valence-electron chi connectivity index (χ2n) is 6.19. The summed E-state index contributed by atoms with van der Waals surface area (Å²) in [7, 11) is 0. The first-order valence-corrected chi connectivity index (χ1v) is 8.74. The third kappa shape index (κ3) is 5.39. The summed E-state index contributed by atoms with van der Waals surface area (Å²) in [6.45, 7) is 0.120. The Bertz CT molecular complexity index is 1150. The van der Waals surface area contributed by atoms with Crippen molar-refractivity contribution in [3.05, 3.63) is 82.9 Å². The van der Waals surface area contributed by atoms with Gasteiger partial charge in [-0.2, -0.15) is 28.5 Å². The number of pyridine rings is 1. The molecule has 0 aliphatic rings. The Balaban J connectivity index is 1.84. The van der Waals surface area contributed by atoms with Crippen LogP contribution in [0.3, 0.4) is 0 Å². The summed E-state index contributed by atoms with van der Waals surface area (Å²) in [5.74, 6) is -0.883. The van der Waals surface area contributed by atoms with Crippen LogP contribution in [-0.4, -0.2) is 26.9 Å². The van der Waals surface area contributed by atoms with Crippen LogP contribution in [0.2, 0.25) is 0 Å². The molecule has 1 aromatic carbocycles. The van der Waals surface area contributed by atoms with E-state index in [1.54, 1.807) is 6.07 Å². The maximum atomic E-state index is 12.6. The van der Waals surface area contributed by atoms with E-state index in [2.05, 4.69) is 25.5 Å². The molecule has 0 radical (unpaired) electrons. The second-order valence-corrected chi connectivity index (χ2v) is 6.19. The zero-order valence-electron chi connectivity index (χ0n) is 15.8. The van der Waals surface area contributed by atoms with Gasteiger partial charge in [0, 0.05) is 30.2 Å². The summed E-state index contributed by atoms with van der Waals surface area (Å²) in [4.78, 5) is 19.5. The Kier molecular flexibility index (Phi) is 6.21. The Morgan fingerprint density at radius 1 is 1.23 bits per heavy atom. The van der Waals surface area contributed by atoms with Crippen LogP contribution in [-0.2, 0) is 12.7 Å². The Morgan fingerprint density at radius 2 is 2.03 bits per heavy atom. The van der Waals surface area contributed by atoms with E-state index in [9.17, 15) is 18.0 Å². The van der Waals surface area contributed by atoms with Crippen LogP contribution in [0.4, 0.5) is 18.9 Å². The highest BCUT2D eigenvalue weighted by Crippen LogP contribution is 2.27. The predicted molar refractivity (Wildman–Crippen MR) is 105 cm³/mol. The third-order valence-electron chi connectivity index (χ3n) is 4.04. The zero-order chi connectivity index (χ0) is 22.4. The standard InChI is InChI=1S/C20H14F3N7O/c21-20(22,23)17-6-4-13(11-27-17)10-26-15-5-3-12(9-24)8-14(15)18(25)29-19(31)16-2-1-7-28-30-16/h1-8,11,26H,10H2,(H2,25,29,31). The number of carbonyl (C=O) groups is 1. The lowest BCUT2D eigenvalue weighted by molar-refractivity contribution is -0.141. The molecule has 1 amide bonds. The van der Waals surface area contributed by atoms with Gasteiger partial charge in [0.05, 0.1) is 11.6 Å². The number of benzene rings is 1. The van der Waals surface area contributed by atoms with E-state index >= 15 is 0 Å². The second kappa shape index (κ2) is 9.00. The largest absolute Gasteiger partial charge is 0.433 e. The highest BCUT2D eigenvalue weighted by molar-refractivity contribution is 6.10. The number of nitrogens with two attached hydrogens (primary N) is 1. The van der Waals surface area contributed by atoms with Crippen molar-refractivity contribution in [2.75, 3.05) is 5.32 Å². The SMILES string of the molecule is N#Cc1ccc(NCc2ccc(C(F)(F)F)nc2)c(C(N)=NC(=O)c2cccnn2)c1. The number of hydrogen-bond donors (Lipinski definition) is 2. The number of nitrogens with one attached hydrogen (secondary N) is 1. The molecule has 0 spiro atoms. The molecule has 8 nitrogen and oxygen atoms in total. The summed E-state index contributed by atoms with van der Waals surface area (Å²) in [6, 6.07) is 11.6. The normalized spacial score (nSPS) is 11.6. The number of nitriles is 1. The zero-order valence-corrected chi connectivity index (χ0v) is 15.8. The quantitative estimate of drug-likeness (QED) is 0.475. The number of hydrogen-bond acceptors (Lipinski definition) is 6. The molecule has 0 saturated heterocycles. The van der Waals surface area contributed by atoms with Crippen LogP contribution >= 0.6 is 0 Å². The number of amidine groups is 1. The van der Waals surface area contributed by atoms with Crippen LogP contribution in [0, 0.1) is 11.3 Å². The van der Waals surface area contributed by atoms with Crippen LogP contribution in [0.1, 0.15) is 32.9 Å². The summed E-state index contributed by atoms with van der Waals surface area (Å²) in [5.41, 5.74) is 6.45. The topological polar surface area (TPSA) is 130 Å². The number of aromatic nitrogens is 3. The molecule has 3 rings (SSSR count). The van der Waals surface area contributed by atoms with Crippen molar-refractivity contribution >= 4 is 17.4 Å². The van der Waals surface area contributed by atoms with Gasteiger partial charge in [-0.15, -0.1) is 5.10 Å². The van der Waals surface area contributed by atoms with Gasteiger partial charge in [-0.1, -0.05) is 6.07 Å². The van der Waals surface area contributed by atoms with E-state index in [0.717, 1.165) is 12.3 Å². The Hall–Kier alpha value is -4.33. The van der Waals surface area contributed by atoms with Crippen LogP contribution < -0.4 is 11.1 Å². The highest BCUT2D eigenvalue weighted by Gasteiger charge is 2.31. The third-order valence-corrected chi connectivity index (χ3v) is 4.04. The molecule has 2 heterocycles. The maximum Gasteiger partial charge on any atom is 0.433 e. The average Bonchev–Trinajstić information content (AvgIpc) is 2.77. The molecule has 0 bridgehead atoms. The molecule has 0 unspecified atom stereocenters. The summed E-state index contributed by atoms with van der Waals surface area (Å²) < 4.78 is 37.9. The van der Waals surface area contributed by atoms with Crippen LogP contribution in [0.25, 0.3) is 0 Å². The first-order chi connectivity index (χ1) is 14.8. The van der Waals surface area contributed by atoms with Gasteiger partial charge < -0.3 is 11.1 Å². The van der Waals surface area contributed by atoms with Crippen molar-refractivity contribution in [1.82, 2.24) is 15.2 Å². The van der Waals surface area contributed by atoms with Crippen molar-refractivity contribution in [2.45, 2.75) is 12.7 Å². The molecule has 3 aromatic rings. The van der Waals surface area contributed by atoms with Gasteiger partial charge in [0.2, 0.25) is 0 Å². The van der Waals surface area contributed by atoms with Gasteiger partial charge in [-0.25, -0.2) is 0 Å². The first kappa shape index (κ1) is 21.4. The number of halogens is 3. The number of rotatable bonds is 5. The van der Waals surface area contributed by atoms with E-state index in [1.165, 1.54) is 36.5 Å². The molecule has 0 aliphatic heterocycles. The van der Waals surface area contributed by atoms with Crippen molar-refractivity contribution in [1.29, 1.82) is 5.26 Å². The van der Waals surface area contributed by atoms with Crippen molar-refractivity contribution in [3.8, 4) is 6.07 Å². The maximum absolute atomic E-state index is 12.6. The molecule has 0 fully saturated rings. The predicted octanol–water partition coefficient (Wildman–Crippen LogP) is 2.92. The summed E-state index contributed by atoms with van der Waals surface area (Å²) in [5, 5.41) is 19.4. The Labute approximate surface area is 174 Å². The highest BCUT2D eigenvalue weighted by atomic mass is 19.4. The first-order valence-electron chi connectivity index (χ1n) is 8.74. The minimum atomic E-state index is -4.52. The van der Waals surface area contributed by atoms with Gasteiger partial charge in [0.15, 0.2) is 5.69 Å². The minimum Gasteiger partial charge on any atom is -0.383 e. The molecule has 0 saturated carbocycles.